The second-order valence-corrected chi connectivity index (χ2v) is 14.2. The van der Waals surface area contributed by atoms with Gasteiger partial charge in [0.1, 0.15) is 40.6 Å². The summed E-state index contributed by atoms with van der Waals surface area (Å²) in [6, 6.07) is 16.0. The molecule has 0 saturated carbocycles. The van der Waals surface area contributed by atoms with Gasteiger partial charge in [-0.2, -0.15) is 10.5 Å². The number of piperidine rings is 1. The lowest BCUT2D eigenvalue weighted by atomic mass is 10.1. The van der Waals surface area contributed by atoms with Gasteiger partial charge in [0, 0.05) is 78.7 Å². The van der Waals surface area contributed by atoms with Crippen LogP contribution in [-0.4, -0.2) is 114 Å². The number of hydrogen-bond acceptors (Lipinski definition) is 9. The molecule has 2 aliphatic heterocycles. The van der Waals surface area contributed by atoms with E-state index in [0.717, 1.165) is 77.2 Å². The van der Waals surface area contributed by atoms with Crippen molar-refractivity contribution in [2.45, 2.75) is 80.9 Å². The standard InChI is InChI=1S/C22H30N4O3.C11H10N2O.C7H15NO.2CH4/c1-16-18-14-17(15-23)26(19(18)6-7-20(16)28-5)13-10-24-8-11-25(12-9-24)21(27)29-22(2,3)4;1-7-9-5-8(6-12)13-10(9)3-4-11(7)14-2;9-7-6-8-4-2-1-3-5-8;;/h6-7,14H,8-13H2,1-5H3;3-5,13H,1-2H3;9H,1-7H2;2*1H4. The quantitative estimate of drug-likeness (QED) is 0.197. The zero-order chi connectivity index (χ0) is 37.8. The van der Waals surface area contributed by atoms with E-state index < -0.39 is 5.60 Å². The van der Waals surface area contributed by atoms with Crippen molar-refractivity contribution in [1.82, 2.24) is 24.3 Å². The van der Waals surface area contributed by atoms with Crippen LogP contribution in [0.1, 0.15) is 77.4 Å². The minimum absolute atomic E-state index is 0. The molecule has 0 unspecified atom stereocenters. The summed E-state index contributed by atoms with van der Waals surface area (Å²) in [4.78, 5) is 21.6. The molecule has 2 aromatic carbocycles. The molecular weight excluding hydrogens is 683 g/mol. The molecule has 12 nitrogen and oxygen atoms in total. The third-order valence-corrected chi connectivity index (χ3v) is 9.53. The summed E-state index contributed by atoms with van der Waals surface area (Å²) in [5.41, 5.74) is 4.89. The fraction of sp³-hybridized carbons (Fsp3) is 0.548. The average Bonchev–Trinajstić information content (AvgIpc) is 3.74. The molecule has 2 aromatic heterocycles. The molecular formula is C42H63N7O5. The van der Waals surface area contributed by atoms with E-state index in [0.29, 0.717) is 31.1 Å². The SMILES string of the molecule is C.C.COc1ccc2[nH]c(C#N)cc2c1C.COc1ccc2c(cc(C#N)n2CCN2CCN(C(=O)OC(C)(C)C)CC2)c1C.OCCN1CCCCC1. The number of nitrogens with zero attached hydrogens (tertiary/aromatic N) is 6. The van der Waals surface area contributed by atoms with Gasteiger partial charge in [-0.3, -0.25) is 4.90 Å². The summed E-state index contributed by atoms with van der Waals surface area (Å²) in [6.07, 6.45) is 3.77. The van der Waals surface area contributed by atoms with Crippen molar-refractivity contribution in [2.75, 3.05) is 73.2 Å². The molecule has 2 saturated heterocycles. The van der Waals surface area contributed by atoms with Crippen LogP contribution in [0.3, 0.4) is 0 Å². The second-order valence-electron chi connectivity index (χ2n) is 14.2. The summed E-state index contributed by atoms with van der Waals surface area (Å²) in [7, 11) is 3.30. The maximum absolute atomic E-state index is 12.2. The van der Waals surface area contributed by atoms with Crippen LogP contribution in [0.4, 0.5) is 4.79 Å². The number of fused-ring (bicyclic) bond motifs is 2. The summed E-state index contributed by atoms with van der Waals surface area (Å²) >= 11 is 0. The molecule has 2 fully saturated rings. The molecule has 4 heterocycles. The number of aromatic nitrogens is 2. The molecule has 2 aliphatic rings. The molecule has 0 atom stereocenters. The number of β-amino-alcohol motifs (C(OH)–C–C–N with tert-alkyl or cyclic N) is 1. The number of nitriles is 2. The number of benzene rings is 2. The first-order chi connectivity index (χ1) is 24.9. The van der Waals surface area contributed by atoms with Crippen molar-refractivity contribution < 1.29 is 24.1 Å². The van der Waals surface area contributed by atoms with Gasteiger partial charge in [0.2, 0.25) is 0 Å². The Labute approximate surface area is 322 Å². The number of methoxy groups -OCH3 is 2. The first-order valence-electron chi connectivity index (χ1n) is 18.1. The number of aliphatic hydroxyl groups is 1. The highest BCUT2D eigenvalue weighted by Crippen LogP contribution is 2.30. The van der Waals surface area contributed by atoms with Crippen LogP contribution in [0.5, 0.6) is 11.5 Å². The number of piperazine rings is 1. The van der Waals surface area contributed by atoms with E-state index in [-0.39, 0.29) is 20.9 Å². The Bertz CT molecular complexity index is 1860. The van der Waals surface area contributed by atoms with Gasteiger partial charge in [0.15, 0.2) is 0 Å². The third kappa shape index (κ3) is 11.9. The van der Waals surface area contributed by atoms with Crippen molar-refractivity contribution in [3.8, 4) is 23.6 Å². The fourth-order valence-corrected chi connectivity index (χ4v) is 6.67. The number of ether oxygens (including phenoxy) is 3. The van der Waals surface area contributed by atoms with E-state index >= 15 is 0 Å². The maximum Gasteiger partial charge on any atom is 0.410 e. The van der Waals surface area contributed by atoms with Gasteiger partial charge in [-0.15, -0.1) is 0 Å². The zero-order valence-corrected chi connectivity index (χ0v) is 31.9. The number of aliphatic hydroxyl groups excluding tert-OH is 1. The molecule has 0 radical (unpaired) electrons. The summed E-state index contributed by atoms with van der Waals surface area (Å²) < 4.78 is 18.1. The molecule has 0 aliphatic carbocycles. The fourth-order valence-electron chi connectivity index (χ4n) is 6.67. The van der Waals surface area contributed by atoms with E-state index in [1.165, 1.54) is 32.4 Å². The van der Waals surface area contributed by atoms with Gasteiger partial charge >= 0.3 is 6.09 Å². The van der Waals surface area contributed by atoms with Crippen LogP contribution >= 0.6 is 0 Å². The molecule has 6 rings (SSSR count). The number of aryl methyl sites for hydroxylation is 2. The lowest BCUT2D eigenvalue weighted by Crippen LogP contribution is -2.50. The van der Waals surface area contributed by atoms with Crippen molar-refractivity contribution in [1.29, 1.82) is 10.5 Å². The average molecular weight is 746 g/mol. The normalized spacial score (nSPS) is 14.6. The van der Waals surface area contributed by atoms with Crippen molar-refractivity contribution >= 4 is 27.9 Å². The van der Waals surface area contributed by atoms with Crippen molar-refractivity contribution in [2.24, 2.45) is 0 Å². The Morgan fingerprint density at radius 1 is 0.796 bits per heavy atom. The molecule has 4 aromatic rings. The number of carbonyl (C=O) groups is 1. The molecule has 0 bridgehead atoms. The molecule has 12 heteroatoms. The summed E-state index contributed by atoms with van der Waals surface area (Å²) in [5, 5.41) is 29.0. The van der Waals surface area contributed by atoms with Gasteiger partial charge in [-0.25, -0.2) is 4.79 Å². The smallest absolute Gasteiger partial charge is 0.410 e. The summed E-state index contributed by atoms with van der Waals surface area (Å²) in [6.45, 7) is 17.7. The second kappa shape index (κ2) is 21.2. The van der Waals surface area contributed by atoms with Crippen molar-refractivity contribution in [3.63, 3.8) is 0 Å². The first kappa shape index (κ1) is 45.4. The van der Waals surface area contributed by atoms with Crippen LogP contribution in [-0.2, 0) is 11.3 Å². The van der Waals surface area contributed by atoms with Gasteiger partial charge in [0.25, 0.3) is 0 Å². The van der Waals surface area contributed by atoms with Gasteiger partial charge in [0.05, 0.1) is 20.8 Å². The monoisotopic (exact) mass is 745 g/mol. The molecule has 2 N–H and O–H groups in total. The number of aromatic amines is 1. The van der Waals surface area contributed by atoms with E-state index in [9.17, 15) is 10.1 Å². The Balaban J connectivity index is 0.000000333. The predicted octanol–water partition coefficient (Wildman–Crippen LogP) is 7.48. The molecule has 54 heavy (non-hydrogen) atoms. The lowest BCUT2D eigenvalue weighted by Gasteiger charge is -2.35. The van der Waals surface area contributed by atoms with Gasteiger partial charge < -0.3 is 38.7 Å². The Kier molecular flexibility index (Phi) is 17.8. The van der Waals surface area contributed by atoms with Gasteiger partial charge in [-0.1, -0.05) is 21.3 Å². The minimum atomic E-state index is -0.474. The highest BCUT2D eigenvalue weighted by molar-refractivity contribution is 5.88. The summed E-state index contributed by atoms with van der Waals surface area (Å²) in [5.74, 6) is 1.68. The van der Waals surface area contributed by atoms with Crippen molar-refractivity contribution in [3.05, 3.63) is 58.9 Å². The third-order valence-electron chi connectivity index (χ3n) is 9.53. The first-order valence-corrected chi connectivity index (χ1v) is 18.1. The van der Waals surface area contributed by atoms with E-state index in [2.05, 4.69) is 31.5 Å². The molecule has 1 amide bonds. The van der Waals surface area contributed by atoms with Crippen LogP contribution < -0.4 is 9.47 Å². The molecule has 0 spiro atoms. The van der Waals surface area contributed by atoms with E-state index in [1.807, 2.05) is 71.0 Å². The number of carbonyl (C=O) groups excluding carboxylic acids is 1. The number of rotatable bonds is 7. The van der Waals surface area contributed by atoms with E-state index in [4.69, 9.17) is 24.6 Å². The number of nitrogens with one attached hydrogen (secondary N) is 1. The van der Waals surface area contributed by atoms with Crippen LogP contribution in [0.15, 0.2) is 36.4 Å². The van der Waals surface area contributed by atoms with Crippen LogP contribution in [0.25, 0.3) is 21.8 Å². The largest absolute Gasteiger partial charge is 0.496 e. The number of likely N-dealkylation sites (tertiary alicyclic amines) is 1. The van der Waals surface area contributed by atoms with E-state index in [1.54, 1.807) is 19.1 Å². The highest BCUT2D eigenvalue weighted by atomic mass is 16.6. The van der Waals surface area contributed by atoms with Crippen LogP contribution in [0.2, 0.25) is 0 Å². The Morgan fingerprint density at radius 2 is 1.39 bits per heavy atom. The predicted molar refractivity (Wildman–Crippen MR) is 217 cm³/mol. The number of hydrogen-bond donors (Lipinski definition) is 2. The number of amides is 1. The van der Waals surface area contributed by atoms with Gasteiger partial charge in [-0.05, 0) is 96.9 Å². The minimum Gasteiger partial charge on any atom is -0.496 e. The number of H-pyrrole nitrogens is 1. The Hall–Kier alpha value is -4.75. The highest BCUT2D eigenvalue weighted by Gasteiger charge is 2.26. The topological polar surface area (TPSA) is 143 Å². The zero-order valence-electron chi connectivity index (χ0n) is 31.9. The Morgan fingerprint density at radius 3 is 1.94 bits per heavy atom. The van der Waals surface area contributed by atoms with Crippen LogP contribution in [0, 0.1) is 36.5 Å². The lowest BCUT2D eigenvalue weighted by molar-refractivity contribution is 0.0143. The maximum atomic E-state index is 12.2. The molecule has 296 valence electrons.